The molecular formula is C16H18FNS. The minimum atomic E-state index is -0.208. The van der Waals surface area contributed by atoms with Crippen molar-refractivity contribution in [3.05, 3.63) is 58.9 Å². The Morgan fingerprint density at radius 1 is 1.05 bits per heavy atom. The average molecular weight is 275 g/mol. The second kappa shape index (κ2) is 5.76. The highest BCUT2D eigenvalue weighted by molar-refractivity contribution is 7.99. The number of hydrogen-bond donors (Lipinski definition) is 1. The number of benzene rings is 2. The molecule has 0 fully saturated rings. The van der Waals surface area contributed by atoms with Crippen molar-refractivity contribution in [1.82, 2.24) is 0 Å². The van der Waals surface area contributed by atoms with Crippen LogP contribution >= 0.6 is 11.8 Å². The van der Waals surface area contributed by atoms with E-state index in [0.29, 0.717) is 4.90 Å². The maximum atomic E-state index is 14.1. The van der Waals surface area contributed by atoms with Crippen LogP contribution in [0, 0.1) is 19.7 Å². The van der Waals surface area contributed by atoms with Crippen molar-refractivity contribution in [1.29, 1.82) is 0 Å². The van der Waals surface area contributed by atoms with E-state index in [4.69, 9.17) is 5.73 Å². The Bertz CT molecular complexity index is 593. The second-order valence-electron chi connectivity index (χ2n) is 4.85. The first-order chi connectivity index (χ1) is 8.97. The first-order valence-electron chi connectivity index (χ1n) is 6.27. The van der Waals surface area contributed by atoms with Crippen LogP contribution in [-0.4, -0.2) is 0 Å². The van der Waals surface area contributed by atoms with E-state index in [0.717, 1.165) is 16.0 Å². The third-order valence-electron chi connectivity index (χ3n) is 3.05. The number of aryl methyl sites for hydroxylation is 2. The first-order valence-corrected chi connectivity index (χ1v) is 7.09. The van der Waals surface area contributed by atoms with E-state index in [1.807, 2.05) is 26.8 Å². The number of nitrogens with two attached hydrogens (primary N) is 1. The van der Waals surface area contributed by atoms with Crippen molar-refractivity contribution in [2.24, 2.45) is 5.73 Å². The van der Waals surface area contributed by atoms with Gasteiger partial charge < -0.3 is 5.73 Å². The van der Waals surface area contributed by atoms with Gasteiger partial charge in [0.15, 0.2) is 0 Å². The van der Waals surface area contributed by atoms with Crippen LogP contribution in [0.25, 0.3) is 0 Å². The Balaban J connectivity index is 2.31. The van der Waals surface area contributed by atoms with Crippen LogP contribution in [0.5, 0.6) is 0 Å². The normalized spacial score (nSPS) is 12.5. The molecule has 2 aromatic carbocycles. The Labute approximate surface area is 118 Å². The van der Waals surface area contributed by atoms with Crippen molar-refractivity contribution in [2.75, 3.05) is 0 Å². The van der Waals surface area contributed by atoms with E-state index < -0.39 is 0 Å². The van der Waals surface area contributed by atoms with Gasteiger partial charge in [0.1, 0.15) is 5.82 Å². The van der Waals surface area contributed by atoms with Gasteiger partial charge in [-0.05, 0) is 55.7 Å². The van der Waals surface area contributed by atoms with Gasteiger partial charge in [-0.25, -0.2) is 4.39 Å². The second-order valence-corrected chi connectivity index (χ2v) is 5.93. The predicted octanol–water partition coefficient (Wildman–Crippen LogP) is 4.61. The first kappa shape index (κ1) is 14.1. The lowest BCUT2D eigenvalue weighted by molar-refractivity contribution is 0.596. The molecule has 100 valence electrons. The van der Waals surface area contributed by atoms with Crippen molar-refractivity contribution < 1.29 is 4.39 Å². The highest BCUT2D eigenvalue weighted by Crippen LogP contribution is 2.33. The lowest BCUT2D eigenvalue weighted by Crippen LogP contribution is -2.05. The molecule has 0 aliphatic rings. The van der Waals surface area contributed by atoms with Crippen LogP contribution in [0.15, 0.2) is 46.2 Å². The monoisotopic (exact) mass is 275 g/mol. The van der Waals surface area contributed by atoms with Crippen LogP contribution in [0.3, 0.4) is 0 Å². The van der Waals surface area contributed by atoms with Crippen LogP contribution in [0.2, 0.25) is 0 Å². The minimum Gasteiger partial charge on any atom is -0.324 e. The van der Waals surface area contributed by atoms with Crippen molar-refractivity contribution in [2.45, 2.75) is 36.6 Å². The third-order valence-corrected chi connectivity index (χ3v) is 4.26. The van der Waals surface area contributed by atoms with E-state index in [2.05, 4.69) is 18.2 Å². The summed E-state index contributed by atoms with van der Waals surface area (Å²) in [5.41, 5.74) is 8.92. The molecule has 0 aliphatic heterocycles. The fourth-order valence-electron chi connectivity index (χ4n) is 1.82. The topological polar surface area (TPSA) is 26.0 Å². The number of halogens is 1. The van der Waals surface area contributed by atoms with E-state index in [9.17, 15) is 4.39 Å². The molecule has 0 amide bonds. The van der Waals surface area contributed by atoms with E-state index >= 15 is 0 Å². The van der Waals surface area contributed by atoms with Crippen LogP contribution in [0.1, 0.15) is 29.7 Å². The SMILES string of the molecule is Cc1ccc(C)c(Sc2ccc([C@H](C)N)cc2F)c1. The summed E-state index contributed by atoms with van der Waals surface area (Å²) in [6.07, 6.45) is 0. The summed E-state index contributed by atoms with van der Waals surface area (Å²) in [5, 5.41) is 0. The fraction of sp³-hybridized carbons (Fsp3) is 0.250. The summed E-state index contributed by atoms with van der Waals surface area (Å²) in [7, 11) is 0. The average Bonchev–Trinajstić information content (AvgIpc) is 2.36. The summed E-state index contributed by atoms with van der Waals surface area (Å²) in [6.45, 7) is 5.93. The molecule has 3 heteroatoms. The van der Waals surface area contributed by atoms with Crippen molar-refractivity contribution in [3.8, 4) is 0 Å². The van der Waals surface area contributed by atoms with Gasteiger partial charge in [0.05, 0.1) is 0 Å². The summed E-state index contributed by atoms with van der Waals surface area (Å²) in [6, 6.07) is 11.3. The molecule has 2 rings (SSSR count). The zero-order valence-electron chi connectivity index (χ0n) is 11.4. The molecule has 1 nitrogen and oxygen atoms in total. The third kappa shape index (κ3) is 3.37. The Hall–Kier alpha value is -1.32. The van der Waals surface area contributed by atoms with Crippen LogP contribution < -0.4 is 5.73 Å². The molecule has 0 bridgehead atoms. The standard InChI is InChI=1S/C16H18FNS/c1-10-4-5-11(2)16(8-10)19-15-7-6-13(12(3)18)9-14(15)17/h4-9,12H,18H2,1-3H3/t12-/m0/s1. The summed E-state index contributed by atoms with van der Waals surface area (Å²) in [4.78, 5) is 1.73. The maximum Gasteiger partial charge on any atom is 0.137 e. The molecule has 0 heterocycles. The van der Waals surface area contributed by atoms with Crippen LogP contribution in [-0.2, 0) is 0 Å². The predicted molar refractivity (Wildman–Crippen MR) is 79.0 cm³/mol. The molecular weight excluding hydrogens is 257 g/mol. The van der Waals surface area contributed by atoms with Crippen molar-refractivity contribution in [3.63, 3.8) is 0 Å². The molecule has 19 heavy (non-hydrogen) atoms. The lowest BCUT2D eigenvalue weighted by Gasteiger charge is -2.10. The zero-order valence-corrected chi connectivity index (χ0v) is 12.2. The number of hydrogen-bond acceptors (Lipinski definition) is 2. The smallest absolute Gasteiger partial charge is 0.137 e. The molecule has 2 aromatic rings. The van der Waals surface area contributed by atoms with Crippen LogP contribution in [0.4, 0.5) is 4.39 Å². The van der Waals surface area contributed by atoms with Gasteiger partial charge in [0, 0.05) is 15.8 Å². The van der Waals surface area contributed by atoms with Gasteiger partial charge in [0.25, 0.3) is 0 Å². The molecule has 0 aromatic heterocycles. The maximum absolute atomic E-state index is 14.1. The highest BCUT2D eigenvalue weighted by Gasteiger charge is 2.09. The minimum absolute atomic E-state index is 0.144. The molecule has 0 spiro atoms. The van der Waals surface area contributed by atoms with E-state index in [1.54, 1.807) is 6.07 Å². The van der Waals surface area contributed by atoms with Gasteiger partial charge in [-0.3, -0.25) is 0 Å². The molecule has 0 saturated carbocycles. The molecule has 0 unspecified atom stereocenters. The summed E-state index contributed by atoms with van der Waals surface area (Å²) >= 11 is 1.46. The Morgan fingerprint density at radius 2 is 1.79 bits per heavy atom. The van der Waals surface area contributed by atoms with Crippen molar-refractivity contribution >= 4 is 11.8 Å². The van der Waals surface area contributed by atoms with Gasteiger partial charge in [-0.15, -0.1) is 0 Å². The largest absolute Gasteiger partial charge is 0.324 e. The quantitative estimate of drug-likeness (QED) is 0.885. The Morgan fingerprint density at radius 3 is 2.42 bits per heavy atom. The zero-order chi connectivity index (χ0) is 14.0. The van der Waals surface area contributed by atoms with Gasteiger partial charge >= 0.3 is 0 Å². The van der Waals surface area contributed by atoms with E-state index in [1.165, 1.54) is 23.4 Å². The summed E-state index contributed by atoms with van der Waals surface area (Å²) < 4.78 is 14.1. The molecule has 1 atom stereocenters. The lowest BCUT2D eigenvalue weighted by atomic mass is 10.1. The number of rotatable bonds is 3. The molecule has 0 radical (unpaired) electrons. The van der Waals surface area contributed by atoms with E-state index in [-0.39, 0.29) is 11.9 Å². The van der Waals surface area contributed by atoms with Gasteiger partial charge in [-0.1, -0.05) is 30.0 Å². The molecule has 0 saturated heterocycles. The summed E-state index contributed by atoms with van der Waals surface area (Å²) in [5.74, 6) is -0.208. The molecule has 0 aliphatic carbocycles. The van der Waals surface area contributed by atoms with Gasteiger partial charge in [0.2, 0.25) is 0 Å². The fourth-order valence-corrected chi connectivity index (χ4v) is 2.82. The Kier molecular flexibility index (Phi) is 4.27. The molecule has 2 N–H and O–H groups in total. The highest BCUT2D eigenvalue weighted by atomic mass is 32.2. The van der Waals surface area contributed by atoms with Gasteiger partial charge in [-0.2, -0.15) is 0 Å².